The average Bonchev–Trinajstić information content (AvgIpc) is 2.90. The smallest absolute Gasteiger partial charge is 0.264 e. The van der Waals surface area contributed by atoms with Gasteiger partial charge in [0.25, 0.3) is 10.0 Å². The summed E-state index contributed by atoms with van der Waals surface area (Å²) in [5, 5.41) is 3.68. The summed E-state index contributed by atoms with van der Waals surface area (Å²) in [5.74, 6) is -0.707. The lowest BCUT2D eigenvalue weighted by molar-refractivity contribution is -0.140. The van der Waals surface area contributed by atoms with Gasteiger partial charge in [0.15, 0.2) is 0 Å². The summed E-state index contributed by atoms with van der Waals surface area (Å²) in [5.41, 5.74) is 0.243. The molecule has 1 atom stereocenters. The summed E-state index contributed by atoms with van der Waals surface area (Å²) in [6, 6.07) is 18.3. The Morgan fingerprint density at radius 3 is 2.17 bits per heavy atom. The SMILES string of the molecule is CCOc1ccccc1N(CC(=O)N(Cc1ccccc1Cl)C(C)C(=O)NC(C)(C)C)S(=O)(=O)c1ccc(Cl)cc1. The van der Waals surface area contributed by atoms with Crippen LogP contribution in [0, 0.1) is 0 Å². The normalized spacial score (nSPS) is 12.4. The van der Waals surface area contributed by atoms with Crippen LogP contribution in [0.3, 0.4) is 0 Å². The van der Waals surface area contributed by atoms with E-state index in [0.29, 0.717) is 15.6 Å². The maximum absolute atomic E-state index is 14.1. The van der Waals surface area contributed by atoms with Crippen LogP contribution in [0.2, 0.25) is 10.0 Å². The van der Waals surface area contributed by atoms with Crippen LogP contribution < -0.4 is 14.4 Å². The van der Waals surface area contributed by atoms with Crippen LogP contribution in [0.5, 0.6) is 5.75 Å². The lowest BCUT2D eigenvalue weighted by Gasteiger charge is -2.34. The predicted octanol–water partition coefficient (Wildman–Crippen LogP) is 5.92. The van der Waals surface area contributed by atoms with Gasteiger partial charge in [-0.05, 0) is 82.6 Å². The van der Waals surface area contributed by atoms with Gasteiger partial charge < -0.3 is 15.0 Å². The highest BCUT2D eigenvalue weighted by atomic mass is 35.5. The molecule has 0 bridgehead atoms. The van der Waals surface area contributed by atoms with Gasteiger partial charge in [-0.15, -0.1) is 0 Å². The fourth-order valence-corrected chi connectivity index (χ4v) is 5.80. The topological polar surface area (TPSA) is 96.0 Å². The minimum Gasteiger partial charge on any atom is -0.492 e. The summed E-state index contributed by atoms with van der Waals surface area (Å²) < 4.78 is 34.8. The number of hydrogen-bond donors (Lipinski definition) is 1. The summed E-state index contributed by atoms with van der Waals surface area (Å²) in [6.07, 6.45) is 0. The first-order valence-electron chi connectivity index (χ1n) is 13.1. The van der Waals surface area contributed by atoms with E-state index < -0.39 is 34.1 Å². The molecule has 3 aromatic rings. The first-order valence-corrected chi connectivity index (χ1v) is 15.3. The van der Waals surface area contributed by atoms with Gasteiger partial charge in [-0.2, -0.15) is 0 Å². The van der Waals surface area contributed by atoms with Crippen molar-refractivity contribution < 1.29 is 22.7 Å². The highest BCUT2D eigenvalue weighted by molar-refractivity contribution is 7.92. The Kier molecular flexibility index (Phi) is 10.7. The number of amides is 2. The number of para-hydroxylation sites is 2. The Balaban J connectivity index is 2.10. The van der Waals surface area contributed by atoms with Crippen LogP contribution in [0.15, 0.2) is 77.7 Å². The van der Waals surface area contributed by atoms with E-state index in [4.69, 9.17) is 27.9 Å². The molecule has 3 rings (SSSR count). The molecule has 0 aliphatic rings. The van der Waals surface area contributed by atoms with E-state index in [1.54, 1.807) is 62.4 Å². The van der Waals surface area contributed by atoms with E-state index in [1.807, 2.05) is 20.8 Å². The minimum absolute atomic E-state index is 0.0147. The number of benzene rings is 3. The van der Waals surface area contributed by atoms with Crippen molar-refractivity contribution in [2.24, 2.45) is 0 Å². The zero-order valence-electron chi connectivity index (χ0n) is 23.7. The molecule has 8 nitrogen and oxygen atoms in total. The second kappa shape index (κ2) is 13.6. The molecule has 1 unspecified atom stereocenters. The van der Waals surface area contributed by atoms with Crippen molar-refractivity contribution in [1.82, 2.24) is 10.2 Å². The summed E-state index contributed by atoms with van der Waals surface area (Å²) in [6.45, 7) is 8.55. The third-order valence-electron chi connectivity index (χ3n) is 6.08. The zero-order valence-corrected chi connectivity index (χ0v) is 26.1. The van der Waals surface area contributed by atoms with Crippen molar-refractivity contribution in [3.63, 3.8) is 0 Å². The number of carbonyl (C=O) groups excluding carboxylic acids is 2. The van der Waals surface area contributed by atoms with Crippen molar-refractivity contribution in [3.8, 4) is 5.75 Å². The van der Waals surface area contributed by atoms with Crippen molar-refractivity contribution in [2.75, 3.05) is 17.5 Å². The third kappa shape index (κ3) is 8.38. The number of ether oxygens (including phenoxy) is 1. The third-order valence-corrected chi connectivity index (χ3v) is 8.47. The maximum atomic E-state index is 14.1. The van der Waals surface area contributed by atoms with Gasteiger partial charge in [-0.25, -0.2) is 8.42 Å². The molecule has 11 heteroatoms. The van der Waals surface area contributed by atoms with Gasteiger partial charge in [0.05, 0.1) is 17.2 Å². The fourth-order valence-electron chi connectivity index (χ4n) is 4.05. The van der Waals surface area contributed by atoms with E-state index in [1.165, 1.54) is 29.2 Å². The Morgan fingerprint density at radius 1 is 0.951 bits per heavy atom. The van der Waals surface area contributed by atoms with Crippen molar-refractivity contribution in [3.05, 3.63) is 88.4 Å². The van der Waals surface area contributed by atoms with E-state index in [2.05, 4.69) is 5.32 Å². The molecule has 0 aliphatic heterocycles. The van der Waals surface area contributed by atoms with Gasteiger partial charge in [0.2, 0.25) is 11.8 Å². The fraction of sp³-hybridized carbons (Fsp3) is 0.333. The number of rotatable bonds is 11. The summed E-state index contributed by atoms with van der Waals surface area (Å²) in [4.78, 5) is 28.6. The molecule has 0 spiro atoms. The number of nitrogens with zero attached hydrogens (tertiary/aromatic N) is 2. The molecule has 0 aromatic heterocycles. The Labute approximate surface area is 252 Å². The molecule has 3 aromatic carbocycles. The van der Waals surface area contributed by atoms with E-state index in [0.717, 1.165) is 4.31 Å². The summed E-state index contributed by atoms with van der Waals surface area (Å²) in [7, 11) is -4.28. The summed E-state index contributed by atoms with van der Waals surface area (Å²) >= 11 is 12.4. The van der Waals surface area contributed by atoms with Gasteiger partial charge in [0.1, 0.15) is 18.3 Å². The van der Waals surface area contributed by atoms with Crippen LogP contribution in [0.4, 0.5) is 5.69 Å². The Hall–Kier alpha value is -3.27. The molecule has 220 valence electrons. The molecule has 0 saturated heterocycles. The second-order valence-electron chi connectivity index (χ2n) is 10.4. The molecule has 0 radical (unpaired) electrons. The molecule has 0 heterocycles. The average molecular weight is 621 g/mol. The van der Waals surface area contributed by atoms with Gasteiger partial charge >= 0.3 is 0 Å². The quantitative estimate of drug-likeness (QED) is 0.287. The van der Waals surface area contributed by atoms with Crippen LogP contribution in [-0.2, 0) is 26.2 Å². The van der Waals surface area contributed by atoms with E-state index in [9.17, 15) is 18.0 Å². The largest absolute Gasteiger partial charge is 0.492 e. The molecule has 1 N–H and O–H groups in total. The van der Waals surface area contributed by atoms with E-state index in [-0.39, 0.29) is 35.4 Å². The van der Waals surface area contributed by atoms with Crippen molar-refractivity contribution >= 4 is 50.7 Å². The Morgan fingerprint density at radius 2 is 1.56 bits per heavy atom. The predicted molar refractivity (Wildman–Crippen MR) is 163 cm³/mol. The minimum atomic E-state index is -4.28. The number of carbonyl (C=O) groups is 2. The molecule has 2 amide bonds. The second-order valence-corrected chi connectivity index (χ2v) is 13.1. The standard InChI is InChI=1S/C30H35Cl2N3O5S/c1-6-40-27-14-10-9-13-26(27)35(41(38,39)24-17-15-23(31)16-18-24)20-28(36)34(19-22-11-7-8-12-25(22)32)21(2)29(37)33-30(3,4)5/h7-18,21H,6,19-20H2,1-5H3,(H,33,37). The number of sulfonamides is 1. The molecular formula is C30H35Cl2N3O5S. The van der Waals surface area contributed by atoms with Crippen LogP contribution in [-0.4, -0.2) is 49.9 Å². The van der Waals surface area contributed by atoms with E-state index >= 15 is 0 Å². The first kappa shape index (κ1) is 32.2. The number of anilines is 1. The molecule has 41 heavy (non-hydrogen) atoms. The van der Waals surface area contributed by atoms with Gasteiger partial charge in [-0.3, -0.25) is 13.9 Å². The molecule has 0 fully saturated rings. The highest BCUT2D eigenvalue weighted by Gasteiger charge is 2.34. The number of halogens is 2. The molecular weight excluding hydrogens is 585 g/mol. The van der Waals surface area contributed by atoms with Crippen molar-refractivity contribution in [2.45, 2.75) is 57.6 Å². The van der Waals surface area contributed by atoms with Gasteiger partial charge in [-0.1, -0.05) is 53.5 Å². The Bertz CT molecular complexity index is 1470. The van der Waals surface area contributed by atoms with Crippen molar-refractivity contribution in [1.29, 1.82) is 0 Å². The molecule has 0 saturated carbocycles. The number of nitrogens with one attached hydrogen (secondary N) is 1. The lowest BCUT2D eigenvalue weighted by atomic mass is 10.1. The first-order chi connectivity index (χ1) is 19.2. The molecule has 0 aliphatic carbocycles. The number of hydrogen-bond acceptors (Lipinski definition) is 5. The zero-order chi connectivity index (χ0) is 30.4. The lowest BCUT2D eigenvalue weighted by Crippen LogP contribution is -2.54. The van der Waals surface area contributed by atoms with Crippen LogP contribution in [0.1, 0.15) is 40.2 Å². The monoisotopic (exact) mass is 619 g/mol. The highest BCUT2D eigenvalue weighted by Crippen LogP contribution is 2.33. The maximum Gasteiger partial charge on any atom is 0.264 e. The van der Waals surface area contributed by atoms with Crippen LogP contribution >= 0.6 is 23.2 Å². The van der Waals surface area contributed by atoms with Crippen LogP contribution in [0.25, 0.3) is 0 Å². The van der Waals surface area contributed by atoms with Gasteiger partial charge in [0, 0.05) is 22.1 Å².